The Morgan fingerprint density at radius 1 is 0.650 bits per heavy atom. The fourth-order valence-corrected chi connectivity index (χ4v) is 4.64. The third-order valence-electron chi connectivity index (χ3n) is 6.76. The number of phenols is 4. The minimum atomic E-state index is -0.825. The number of carbonyl (C=O) groups is 4. The van der Waals surface area contributed by atoms with E-state index >= 15 is 0 Å². The summed E-state index contributed by atoms with van der Waals surface area (Å²) in [5.41, 5.74) is 0.895. The maximum atomic E-state index is 12.6. The Balaban J connectivity index is 0.000000189. The van der Waals surface area contributed by atoms with Gasteiger partial charge in [0.05, 0.1) is 22.3 Å². The molecule has 40 heavy (non-hydrogen) atoms. The summed E-state index contributed by atoms with van der Waals surface area (Å²) in [7, 11) is 0. The molecule has 0 aromatic heterocycles. The number of rotatable bonds is 2. The molecule has 2 aliphatic rings. The third kappa shape index (κ3) is 4.41. The number of aliphatic hydroxyl groups excluding tert-OH is 1. The molecule has 0 heterocycles. The monoisotopic (exact) mass is 542 g/mol. The van der Waals surface area contributed by atoms with Crippen LogP contribution in [0, 0.1) is 13.8 Å². The van der Waals surface area contributed by atoms with Crippen LogP contribution < -0.4 is 0 Å². The molecule has 9 nitrogen and oxygen atoms in total. The van der Waals surface area contributed by atoms with Crippen molar-refractivity contribution < 1.29 is 44.7 Å². The quantitative estimate of drug-likeness (QED) is 0.133. The fourth-order valence-electron chi connectivity index (χ4n) is 4.64. The van der Waals surface area contributed by atoms with Crippen LogP contribution in [0.4, 0.5) is 0 Å². The number of allylic oxidation sites excluding steroid dienone is 3. The Bertz CT molecular complexity index is 1640. The molecule has 0 fully saturated rings. The highest BCUT2D eigenvalue weighted by Gasteiger charge is 2.39. The van der Waals surface area contributed by atoms with Crippen LogP contribution in [-0.2, 0) is 4.79 Å². The number of hydrogen-bond acceptors (Lipinski definition) is 9. The highest BCUT2D eigenvalue weighted by Crippen LogP contribution is 2.45. The van der Waals surface area contributed by atoms with E-state index in [4.69, 9.17) is 0 Å². The minimum Gasteiger partial charge on any atom is -0.507 e. The van der Waals surface area contributed by atoms with Gasteiger partial charge in [0.1, 0.15) is 28.8 Å². The number of aryl methyl sites for hydroxylation is 2. The number of carbonyl (C=O) groups excluding carboxylic acids is 4. The van der Waals surface area contributed by atoms with Crippen molar-refractivity contribution in [2.45, 2.75) is 34.1 Å². The van der Waals surface area contributed by atoms with E-state index in [1.807, 2.05) is 19.9 Å². The molecule has 0 saturated heterocycles. The summed E-state index contributed by atoms with van der Waals surface area (Å²) in [6.45, 7) is 6.74. The van der Waals surface area contributed by atoms with Crippen LogP contribution in [0.5, 0.6) is 23.0 Å². The highest BCUT2D eigenvalue weighted by atomic mass is 16.3. The van der Waals surface area contributed by atoms with E-state index < -0.39 is 46.1 Å². The zero-order valence-corrected chi connectivity index (χ0v) is 22.1. The average Bonchev–Trinajstić information content (AvgIpc) is 2.90. The van der Waals surface area contributed by atoms with Crippen molar-refractivity contribution >= 4 is 28.9 Å². The first-order chi connectivity index (χ1) is 18.8. The fraction of sp³-hybridized carbons (Fsp3) is 0.161. The van der Waals surface area contributed by atoms with Crippen molar-refractivity contribution in [1.29, 1.82) is 0 Å². The molecule has 0 bridgehead atoms. The van der Waals surface area contributed by atoms with Crippen molar-refractivity contribution in [3.63, 3.8) is 0 Å². The smallest absolute Gasteiger partial charge is 0.234 e. The largest absolute Gasteiger partial charge is 0.507 e. The molecule has 0 amide bonds. The summed E-state index contributed by atoms with van der Waals surface area (Å²) in [4.78, 5) is 49.0. The number of fused-ring (bicyclic) bond motifs is 3. The Kier molecular flexibility index (Phi) is 7.09. The van der Waals surface area contributed by atoms with Gasteiger partial charge < -0.3 is 25.5 Å². The molecule has 3 aromatic carbocycles. The first kappa shape index (κ1) is 27.8. The van der Waals surface area contributed by atoms with Gasteiger partial charge in [-0.1, -0.05) is 35.9 Å². The normalized spacial score (nSPS) is 13.7. The van der Waals surface area contributed by atoms with Gasteiger partial charge in [-0.3, -0.25) is 19.2 Å². The van der Waals surface area contributed by atoms with Crippen LogP contribution >= 0.6 is 0 Å². The maximum absolute atomic E-state index is 12.6. The van der Waals surface area contributed by atoms with Crippen molar-refractivity contribution in [3.8, 4) is 23.0 Å². The molecule has 0 atom stereocenters. The Hall–Kier alpha value is -5.18. The number of phenolic OH excluding ortho intramolecular Hbond substituents is 4. The molecule has 3 aromatic rings. The molecular formula is C31H26O9. The van der Waals surface area contributed by atoms with E-state index in [1.165, 1.54) is 13.8 Å². The van der Waals surface area contributed by atoms with Crippen molar-refractivity contribution in [2.24, 2.45) is 0 Å². The van der Waals surface area contributed by atoms with Crippen molar-refractivity contribution in [3.05, 3.63) is 98.1 Å². The Labute approximate surface area is 229 Å². The summed E-state index contributed by atoms with van der Waals surface area (Å²) >= 11 is 0. The van der Waals surface area contributed by atoms with Crippen LogP contribution in [0.1, 0.15) is 79.2 Å². The second kappa shape index (κ2) is 10.2. The highest BCUT2D eigenvalue weighted by molar-refractivity contribution is 6.52. The summed E-state index contributed by atoms with van der Waals surface area (Å²) in [6, 6.07) is 8.95. The van der Waals surface area contributed by atoms with Gasteiger partial charge in [0, 0.05) is 16.7 Å². The SMILES string of the molecule is CC(C)=CCC1=C(O)c2ccccc2C(=O)C1=O.Cc1cc(O)c2c(c1O)C(=O)c1c(O)cc(C)c(O)c1C2=O. The van der Waals surface area contributed by atoms with Crippen molar-refractivity contribution in [1.82, 2.24) is 0 Å². The number of hydrogen-bond donors (Lipinski definition) is 5. The lowest BCUT2D eigenvalue weighted by Gasteiger charge is -2.22. The van der Waals surface area contributed by atoms with E-state index in [0.29, 0.717) is 5.56 Å². The van der Waals surface area contributed by atoms with E-state index in [1.54, 1.807) is 24.3 Å². The van der Waals surface area contributed by atoms with Gasteiger partial charge in [0.15, 0.2) is 0 Å². The van der Waals surface area contributed by atoms with Gasteiger partial charge in [0.25, 0.3) is 0 Å². The molecular weight excluding hydrogens is 516 g/mol. The number of Topliss-reactive ketones (excluding diaryl/α,β-unsaturated/α-hetero) is 2. The summed E-state index contributed by atoms with van der Waals surface area (Å²) < 4.78 is 0. The number of benzene rings is 3. The standard InChI is InChI=1S/C16H12O6.C15H14O3/c1-5-3-7(17)9-11(13(5)19)15(21)10-8(18)4-6(2)14(20)12(10)16(9)22;1-9(2)7-8-12-13(16)10-5-3-4-6-11(10)14(17)15(12)18/h3-4,17-20H,1-2H3;3-7,16H,8H2,1-2H3. The van der Waals surface area contributed by atoms with E-state index in [-0.39, 0.29) is 56.7 Å². The second-order valence-corrected chi connectivity index (χ2v) is 9.80. The van der Waals surface area contributed by atoms with Crippen LogP contribution in [-0.4, -0.2) is 48.7 Å². The summed E-state index contributed by atoms with van der Waals surface area (Å²) in [5.74, 6) is -4.67. The Morgan fingerprint density at radius 2 is 1.10 bits per heavy atom. The van der Waals surface area contributed by atoms with Gasteiger partial charge in [-0.2, -0.15) is 0 Å². The van der Waals surface area contributed by atoms with Gasteiger partial charge in [-0.05, 0) is 57.4 Å². The topological polar surface area (TPSA) is 169 Å². The molecule has 9 heteroatoms. The van der Waals surface area contributed by atoms with Crippen LogP contribution in [0.2, 0.25) is 0 Å². The number of aromatic hydroxyl groups is 4. The lowest BCUT2D eigenvalue weighted by atomic mass is 9.80. The molecule has 0 aliphatic heterocycles. The molecule has 0 saturated carbocycles. The van der Waals surface area contributed by atoms with Crippen LogP contribution in [0.15, 0.2) is 53.6 Å². The molecule has 5 N–H and O–H groups in total. The first-order valence-electron chi connectivity index (χ1n) is 12.2. The predicted octanol–water partition coefficient (Wildman–Crippen LogP) is 4.98. The van der Waals surface area contributed by atoms with Gasteiger partial charge >= 0.3 is 0 Å². The van der Waals surface area contributed by atoms with Crippen LogP contribution in [0.3, 0.4) is 0 Å². The van der Waals surface area contributed by atoms with E-state index in [0.717, 1.165) is 17.7 Å². The predicted molar refractivity (Wildman–Crippen MR) is 145 cm³/mol. The van der Waals surface area contributed by atoms with Gasteiger partial charge in [0.2, 0.25) is 23.1 Å². The lowest BCUT2D eigenvalue weighted by molar-refractivity contribution is -0.112. The van der Waals surface area contributed by atoms with E-state index in [9.17, 15) is 44.7 Å². The van der Waals surface area contributed by atoms with Gasteiger partial charge in [-0.25, -0.2) is 0 Å². The summed E-state index contributed by atoms with van der Waals surface area (Å²) in [6.07, 6.45) is 2.11. The first-order valence-corrected chi connectivity index (χ1v) is 12.2. The maximum Gasteiger partial charge on any atom is 0.234 e. The lowest BCUT2D eigenvalue weighted by Crippen LogP contribution is -2.23. The second-order valence-electron chi connectivity index (χ2n) is 9.80. The third-order valence-corrected chi connectivity index (χ3v) is 6.76. The summed E-state index contributed by atoms with van der Waals surface area (Å²) in [5, 5.41) is 50.2. The average molecular weight is 543 g/mol. The molecule has 2 aliphatic carbocycles. The molecule has 5 rings (SSSR count). The molecule has 0 radical (unpaired) electrons. The molecule has 204 valence electrons. The van der Waals surface area contributed by atoms with E-state index in [2.05, 4.69) is 0 Å². The van der Waals surface area contributed by atoms with Crippen LogP contribution in [0.25, 0.3) is 5.76 Å². The number of aliphatic hydroxyl groups is 1. The minimum absolute atomic E-state index is 0.0762. The zero-order valence-electron chi connectivity index (χ0n) is 22.1. The Morgan fingerprint density at radius 3 is 1.55 bits per heavy atom. The molecule has 0 unspecified atom stereocenters. The zero-order chi connectivity index (χ0) is 29.6. The van der Waals surface area contributed by atoms with Crippen molar-refractivity contribution in [2.75, 3.05) is 0 Å². The molecule has 0 spiro atoms. The number of ketones is 4. The van der Waals surface area contributed by atoms with Gasteiger partial charge in [-0.15, -0.1) is 0 Å².